The maximum atomic E-state index is 13.5. The van der Waals surface area contributed by atoms with Gasteiger partial charge in [-0.25, -0.2) is 14.4 Å². The van der Waals surface area contributed by atoms with Gasteiger partial charge in [-0.1, -0.05) is 22.4 Å². The largest absolute Gasteiger partial charge is 0.489 e. The maximum Gasteiger partial charge on any atom is 0.241 e. The van der Waals surface area contributed by atoms with E-state index in [9.17, 15) is 9.18 Å². The van der Waals surface area contributed by atoms with Gasteiger partial charge in [-0.2, -0.15) is 0 Å². The van der Waals surface area contributed by atoms with Gasteiger partial charge in [-0.15, -0.1) is 0 Å². The fourth-order valence-electron chi connectivity index (χ4n) is 2.61. The first-order valence-electron chi connectivity index (χ1n) is 7.96. The summed E-state index contributed by atoms with van der Waals surface area (Å²) in [5.74, 6) is -0.286. The van der Waals surface area contributed by atoms with Crippen LogP contribution in [0, 0.1) is 12.7 Å². The molecule has 25 heavy (non-hydrogen) atoms. The van der Waals surface area contributed by atoms with Gasteiger partial charge in [-0.3, -0.25) is 10.2 Å². The summed E-state index contributed by atoms with van der Waals surface area (Å²) in [6.07, 6.45) is 0.535. The van der Waals surface area contributed by atoms with Gasteiger partial charge in [0.1, 0.15) is 24.0 Å². The van der Waals surface area contributed by atoms with E-state index < -0.39 is 5.82 Å². The Labute approximate surface area is 144 Å². The molecule has 1 saturated heterocycles. The predicted octanol–water partition coefficient (Wildman–Crippen LogP) is 0.790. The third-order valence-electron chi connectivity index (χ3n) is 4.07. The summed E-state index contributed by atoms with van der Waals surface area (Å²) in [5.41, 5.74) is 7.26. The van der Waals surface area contributed by atoms with Crippen molar-refractivity contribution in [2.75, 3.05) is 13.7 Å². The zero-order chi connectivity index (χ0) is 17.8. The maximum absolute atomic E-state index is 13.5. The highest BCUT2D eigenvalue weighted by Gasteiger charge is 2.32. The van der Waals surface area contributed by atoms with E-state index in [0.717, 1.165) is 0 Å². The molecule has 2 heterocycles. The van der Waals surface area contributed by atoms with E-state index in [2.05, 4.69) is 25.8 Å². The Hall–Kier alpha value is -2.52. The zero-order valence-electron chi connectivity index (χ0n) is 14.0. The standard InChI is InChI=1S/C16H20FN5O3/c1-10-14(21-25-20-10)8-22(2)16(23)13-7-11(18-19-13)9-24-15-6-4-3-5-12(15)17/h3-6,11,13,18-19H,7-9H2,1-2H3. The van der Waals surface area contributed by atoms with Gasteiger partial charge < -0.3 is 9.64 Å². The smallest absolute Gasteiger partial charge is 0.241 e. The summed E-state index contributed by atoms with van der Waals surface area (Å²) in [7, 11) is 1.70. The van der Waals surface area contributed by atoms with Crippen LogP contribution >= 0.6 is 0 Å². The molecule has 9 heteroatoms. The normalized spacial score (nSPS) is 19.8. The third-order valence-corrected chi connectivity index (χ3v) is 4.07. The summed E-state index contributed by atoms with van der Waals surface area (Å²) in [6.45, 7) is 2.35. The van der Waals surface area contributed by atoms with Gasteiger partial charge in [0, 0.05) is 7.05 Å². The van der Waals surface area contributed by atoms with Gasteiger partial charge in [-0.05, 0) is 25.5 Å². The number of hydrogen-bond acceptors (Lipinski definition) is 7. The molecule has 0 aliphatic carbocycles. The number of para-hydroxylation sites is 1. The zero-order valence-corrected chi connectivity index (χ0v) is 14.0. The molecule has 2 N–H and O–H groups in total. The van der Waals surface area contributed by atoms with Crippen molar-refractivity contribution in [2.24, 2.45) is 0 Å². The highest BCUT2D eigenvalue weighted by atomic mass is 19.1. The minimum absolute atomic E-state index is 0.0803. The van der Waals surface area contributed by atoms with Gasteiger partial charge in [0.15, 0.2) is 11.6 Å². The van der Waals surface area contributed by atoms with E-state index in [4.69, 9.17) is 4.74 Å². The first kappa shape index (κ1) is 17.3. The number of ether oxygens (including phenoxy) is 1. The van der Waals surface area contributed by atoms with Crippen molar-refractivity contribution in [1.29, 1.82) is 0 Å². The molecular weight excluding hydrogens is 329 g/mol. The van der Waals surface area contributed by atoms with Gasteiger partial charge in [0.05, 0.1) is 12.6 Å². The van der Waals surface area contributed by atoms with Crippen LogP contribution in [0.1, 0.15) is 17.8 Å². The van der Waals surface area contributed by atoms with Crippen molar-refractivity contribution in [3.8, 4) is 5.75 Å². The lowest BCUT2D eigenvalue weighted by atomic mass is 10.1. The summed E-state index contributed by atoms with van der Waals surface area (Å²) in [4.78, 5) is 14.1. The Morgan fingerprint density at radius 3 is 2.92 bits per heavy atom. The number of carbonyl (C=O) groups excluding carboxylic acids is 1. The van der Waals surface area contributed by atoms with E-state index in [1.807, 2.05) is 0 Å². The fraction of sp³-hybridized carbons (Fsp3) is 0.438. The number of aryl methyl sites for hydroxylation is 1. The molecule has 1 aliphatic rings. The lowest BCUT2D eigenvalue weighted by molar-refractivity contribution is -0.132. The van der Waals surface area contributed by atoms with Crippen molar-refractivity contribution in [3.63, 3.8) is 0 Å². The highest BCUT2D eigenvalue weighted by molar-refractivity contribution is 5.81. The highest BCUT2D eigenvalue weighted by Crippen LogP contribution is 2.17. The van der Waals surface area contributed by atoms with Gasteiger partial charge in [0.25, 0.3) is 0 Å². The molecule has 0 saturated carbocycles. The molecular formula is C16H20FN5O3. The second-order valence-electron chi connectivity index (χ2n) is 6.01. The van der Waals surface area contributed by atoms with Crippen LogP contribution in [-0.4, -0.2) is 46.9 Å². The number of hydrogen-bond donors (Lipinski definition) is 2. The molecule has 2 unspecified atom stereocenters. The monoisotopic (exact) mass is 349 g/mol. The summed E-state index contributed by atoms with van der Waals surface area (Å²) in [5, 5.41) is 7.48. The fourth-order valence-corrected chi connectivity index (χ4v) is 2.61. The van der Waals surface area contributed by atoms with E-state index in [0.29, 0.717) is 24.4 Å². The van der Waals surface area contributed by atoms with Crippen molar-refractivity contribution in [3.05, 3.63) is 41.5 Å². The number of likely N-dealkylation sites (N-methyl/N-ethyl adjacent to an activating group) is 1. The molecule has 8 nitrogen and oxygen atoms in total. The third kappa shape index (κ3) is 4.12. The molecule has 1 aliphatic heterocycles. The Morgan fingerprint density at radius 2 is 2.20 bits per heavy atom. The lowest BCUT2D eigenvalue weighted by Crippen LogP contribution is -2.44. The van der Waals surface area contributed by atoms with Crippen LogP contribution in [0.2, 0.25) is 0 Å². The molecule has 1 amide bonds. The van der Waals surface area contributed by atoms with Crippen LogP contribution in [0.5, 0.6) is 5.75 Å². The van der Waals surface area contributed by atoms with Crippen LogP contribution in [0.3, 0.4) is 0 Å². The first-order chi connectivity index (χ1) is 12.0. The average molecular weight is 349 g/mol. The quantitative estimate of drug-likeness (QED) is 0.796. The number of rotatable bonds is 6. The Morgan fingerprint density at radius 1 is 1.40 bits per heavy atom. The minimum Gasteiger partial charge on any atom is -0.489 e. The number of hydrazine groups is 1. The van der Waals surface area contributed by atoms with Gasteiger partial charge >= 0.3 is 0 Å². The Bertz CT molecular complexity index is 738. The second-order valence-corrected chi connectivity index (χ2v) is 6.01. The molecule has 2 atom stereocenters. The average Bonchev–Trinajstić information content (AvgIpc) is 3.23. The molecule has 0 bridgehead atoms. The number of carbonyl (C=O) groups is 1. The topological polar surface area (TPSA) is 92.5 Å². The number of nitrogens with one attached hydrogen (secondary N) is 2. The predicted molar refractivity (Wildman–Crippen MR) is 85.9 cm³/mol. The molecule has 0 radical (unpaired) electrons. The molecule has 1 aromatic carbocycles. The molecule has 3 rings (SSSR count). The Kier molecular flexibility index (Phi) is 5.25. The van der Waals surface area contributed by atoms with Crippen molar-refractivity contribution < 1.29 is 18.6 Å². The van der Waals surface area contributed by atoms with Crippen LogP contribution < -0.4 is 15.6 Å². The minimum atomic E-state index is -0.405. The van der Waals surface area contributed by atoms with Crippen LogP contribution in [0.25, 0.3) is 0 Å². The van der Waals surface area contributed by atoms with E-state index in [1.54, 1.807) is 37.1 Å². The number of halogens is 1. The van der Waals surface area contributed by atoms with Crippen LogP contribution in [-0.2, 0) is 11.3 Å². The van der Waals surface area contributed by atoms with E-state index in [1.165, 1.54) is 6.07 Å². The number of benzene rings is 1. The number of aromatic nitrogens is 2. The number of nitrogens with zero attached hydrogens (tertiary/aromatic N) is 3. The number of amides is 1. The molecule has 1 aromatic heterocycles. The molecule has 0 spiro atoms. The summed E-state index contributed by atoms with van der Waals surface area (Å²) >= 11 is 0. The Balaban J connectivity index is 1.49. The molecule has 1 fully saturated rings. The second kappa shape index (κ2) is 7.58. The van der Waals surface area contributed by atoms with Crippen LogP contribution in [0.4, 0.5) is 4.39 Å². The summed E-state index contributed by atoms with van der Waals surface area (Å²) < 4.78 is 23.7. The van der Waals surface area contributed by atoms with E-state index in [-0.39, 0.29) is 30.3 Å². The van der Waals surface area contributed by atoms with Crippen LogP contribution in [0.15, 0.2) is 28.9 Å². The molecule has 2 aromatic rings. The lowest BCUT2D eigenvalue weighted by Gasteiger charge is -2.19. The first-order valence-corrected chi connectivity index (χ1v) is 7.96. The molecule has 134 valence electrons. The van der Waals surface area contributed by atoms with Crippen molar-refractivity contribution in [1.82, 2.24) is 26.1 Å². The van der Waals surface area contributed by atoms with Gasteiger partial charge in [0.2, 0.25) is 5.91 Å². The van der Waals surface area contributed by atoms with Crippen molar-refractivity contribution >= 4 is 5.91 Å². The van der Waals surface area contributed by atoms with Crippen molar-refractivity contribution in [2.45, 2.75) is 32.0 Å². The SMILES string of the molecule is Cc1nonc1CN(C)C(=O)C1CC(COc2ccccc2F)NN1. The van der Waals surface area contributed by atoms with E-state index >= 15 is 0 Å². The summed E-state index contributed by atoms with van der Waals surface area (Å²) in [6, 6.07) is 5.74.